The first-order valence-corrected chi connectivity index (χ1v) is 7.05. The Morgan fingerprint density at radius 2 is 2.18 bits per heavy atom. The molecule has 122 valence electrons. The van der Waals surface area contributed by atoms with E-state index in [1.54, 1.807) is 0 Å². The van der Waals surface area contributed by atoms with Crippen molar-refractivity contribution < 1.29 is 27.8 Å². The Kier molecular flexibility index (Phi) is 5.31. The van der Waals surface area contributed by atoms with E-state index in [0.717, 1.165) is 18.2 Å². The summed E-state index contributed by atoms with van der Waals surface area (Å²) in [5.74, 6) is -0.865. The molecule has 1 aromatic rings. The van der Waals surface area contributed by atoms with Gasteiger partial charge in [0.15, 0.2) is 0 Å². The molecule has 1 heterocycles. The van der Waals surface area contributed by atoms with Gasteiger partial charge in [0.25, 0.3) is 5.91 Å². The summed E-state index contributed by atoms with van der Waals surface area (Å²) >= 11 is 5.88. The summed E-state index contributed by atoms with van der Waals surface area (Å²) in [5.41, 5.74) is -1.12. The molecule has 1 aliphatic rings. The first-order chi connectivity index (χ1) is 10.3. The molecule has 22 heavy (non-hydrogen) atoms. The van der Waals surface area contributed by atoms with Crippen molar-refractivity contribution in [2.75, 3.05) is 32.9 Å². The van der Waals surface area contributed by atoms with Gasteiger partial charge in [0, 0.05) is 25.6 Å². The number of alkyl halides is 3. The summed E-state index contributed by atoms with van der Waals surface area (Å²) in [4.78, 5) is 13.8. The lowest BCUT2D eigenvalue weighted by Gasteiger charge is -2.23. The maximum absolute atomic E-state index is 12.8. The summed E-state index contributed by atoms with van der Waals surface area (Å²) < 4.78 is 43.6. The Bertz CT molecular complexity index is 551. The molecule has 0 aromatic heterocycles. The fourth-order valence-corrected chi connectivity index (χ4v) is 2.41. The zero-order chi connectivity index (χ0) is 16.3. The van der Waals surface area contributed by atoms with Gasteiger partial charge in [-0.3, -0.25) is 4.79 Å². The van der Waals surface area contributed by atoms with E-state index in [2.05, 4.69) is 0 Å². The number of amides is 1. The standard InChI is InChI=1S/C14H15ClF3NO3/c15-12-2-1-10(14(16,17)18)5-11(12)13(21)19-3-4-22-8-9(6-19)7-20/h1-2,5,9,20H,3-4,6-8H2. The second-order valence-corrected chi connectivity index (χ2v) is 5.47. The highest BCUT2D eigenvalue weighted by atomic mass is 35.5. The van der Waals surface area contributed by atoms with Crippen molar-refractivity contribution in [1.29, 1.82) is 0 Å². The average Bonchev–Trinajstić information content (AvgIpc) is 2.71. The van der Waals surface area contributed by atoms with Gasteiger partial charge in [-0.2, -0.15) is 13.2 Å². The van der Waals surface area contributed by atoms with Crippen molar-refractivity contribution in [3.8, 4) is 0 Å². The van der Waals surface area contributed by atoms with E-state index in [9.17, 15) is 23.1 Å². The van der Waals surface area contributed by atoms with Crippen molar-refractivity contribution in [3.63, 3.8) is 0 Å². The molecule has 8 heteroatoms. The van der Waals surface area contributed by atoms with Crippen LogP contribution in [0.5, 0.6) is 0 Å². The van der Waals surface area contributed by atoms with Crippen LogP contribution < -0.4 is 0 Å². The molecule has 4 nitrogen and oxygen atoms in total. The molecular weight excluding hydrogens is 323 g/mol. The molecule has 2 rings (SSSR count). The number of hydrogen-bond donors (Lipinski definition) is 1. The number of carbonyl (C=O) groups excluding carboxylic acids is 1. The SMILES string of the molecule is O=C(c1cc(C(F)(F)F)ccc1Cl)N1CCOCC(CO)C1. The first-order valence-electron chi connectivity index (χ1n) is 6.67. The Morgan fingerprint density at radius 1 is 1.45 bits per heavy atom. The van der Waals surface area contributed by atoms with Crippen LogP contribution in [0, 0.1) is 5.92 Å². The lowest BCUT2D eigenvalue weighted by atomic mass is 10.1. The van der Waals surface area contributed by atoms with Crippen molar-refractivity contribution >= 4 is 17.5 Å². The zero-order valence-electron chi connectivity index (χ0n) is 11.6. The first kappa shape index (κ1) is 17.1. The van der Waals surface area contributed by atoms with Crippen LogP contribution in [-0.2, 0) is 10.9 Å². The number of aliphatic hydroxyl groups excluding tert-OH is 1. The molecule has 1 amide bonds. The molecule has 1 aliphatic heterocycles. The average molecular weight is 338 g/mol. The highest BCUT2D eigenvalue weighted by molar-refractivity contribution is 6.33. The fraction of sp³-hybridized carbons (Fsp3) is 0.500. The van der Waals surface area contributed by atoms with Gasteiger partial charge in [0.1, 0.15) is 0 Å². The molecule has 0 spiro atoms. The highest BCUT2D eigenvalue weighted by Gasteiger charge is 2.32. The van der Waals surface area contributed by atoms with E-state index < -0.39 is 17.6 Å². The Hall–Kier alpha value is -1.31. The number of carbonyl (C=O) groups is 1. The van der Waals surface area contributed by atoms with Crippen molar-refractivity contribution in [2.24, 2.45) is 5.92 Å². The molecule has 0 saturated carbocycles. The number of hydrogen-bond acceptors (Lipinski definition) is 3. The summed E-state index contributed by atoms with van der Waals surface area (Å²) in [6.07, 6.45) is -4.55. The number of benzene rings is 1. The maximum Gasteiger partial charge on any atom is 0.416 e. The van der Waals surface area contributed by atoms with Gasteiger partial charge in [-0.05, 0) is 18.2 Å². The van der Waals surface area contributed by atoms with Crippen LogP contribution in [0.25, 0.3) is 0 Å². The summed E-state index contributed by atoms with van der Waals surface area (Å²) in [5, 5.41) is 9.16. The van der Waals surface area contributed by atoms with Crippen molar-refractivity contribution in [2.45, 2.75) is 6.18 Å². The van der Waals surface area contributed by atoms with Gasteiger partial charge in [-0.15, -0.1) is 0 Å². The quantitative estimate of drug-likeness (QED) is 0.902. The predicted octanol–water partition coefficient (Wildman–Crippen LogP) is 2.44. The normalized spacial score (nSPS) is 19.9. The molecule has 1 saturated heterocycles. The van der Waals surface area contributed by atoms with Crippen LogP contribution >= 0.6 is 11.6 Å². The van der Waals surface area contributed by atoms with Crippen molar-refractivity contribution in [3.05, 3.63) is 34.3 Å². The van der Waals surface area contributed by atoms with E-state index in [-0.39, 0.29) is 42.8 Å². The summed E-state index contributed by atoms with van der Waals surface area (Å²) in [7, 11) is 0. The zero-order valence-corrected chi connectivity index (χ0v) is 12.3. The second-order valence-electron chi connectivity index (χ2n) is 5.07. The number of rotatable bonds is 2. The van der Waals surface area contributed by atoms with Crippen LogP contribution in [0.2, 0.25) is 5.02 Å². The second kappa shape index (κ2) is 6.85. The molecule has 0 bridgehead atoms. The van der Waals surface area contributed by atoms with E-state index in [1.807, 2.05) is 0 Å². The molecule has 0 radical (unpaired) electrons. The fourth-order valence-electron chi connectivity index (χ4n) is 2.21. The highest BCUT2D eigenvalue weighted by Crippen LogP contribution is 2.32. The third-order valence-corrected chi connectivity index (χ3v) is 3.74. The number of nitrogens with zero attached hydrogens (tertiary/aromatic N) is 1. The Morgan fingerprint density at radius 3 is 2.82 bits per heavy atom. The monoisotopic (exact) mass is 337 g/mol. The molecule has 0 aliphatic carbocycles. The molecule has 1 N–H and O–H groups in total. The smallest absolute Gasteiger partial charge is 0.396 e. The van der Waals surface area contributed by atoms with Crippen LogP contribution in [0.4, 0.5) is 13.2 Å². The minimum absolute atomic E-state index is 0.0382. The maximum atomic E-state index is 12.8. The van der Waals surface area contributed by atoms with Gasteiger partial charge in [0.2, 0.25) is 0 Å². The molecule has 1 atom stereocenters. The Balaban J connectivity index is 2.28. The minimum Gasteiger partial charge on any atom is -0.396 e. The van der Waals surface area contributed by atoms with Gasteiger partial charge in [0.05, 0.1) is 29.4 Å². The third kappa shape index (κ3) is 3.91. The van der Waals surface area contributed by atoms with Crippen LogP contribution in [0.1, 0.15) is 15.9 Å². The lowest BCUT2D eigenvalue weighted by molar-refractivity contribution is -0.137. The third-order valence-electron chi connectivity index (χ3n) is 3.41. The minimum atomic E-state index is -4.55. The number of aliphatic hydroxyl groups is 1. The molecule has 1 aromatic carbocycles. The summed E-state index contributed by atoms with van der Waals surface area (Å²) in [6.45, 7) is 0.847. The van der Waals surface area contributed by atoms with Crippen molar-refractivity contribution in [1.82, 2.24) is 4.90 Å². The Labute approximate surface area is 130 Å². The number of ether oxygens (including phenoxy) is 1. The van der Waals surface area contributed by atoms with E-state index in [0.29, 0.717) is 6.61 Å². The topological polar surface area (TPSA) is 49.8 Å². The van der Waals surface area contributed by atoms with Gasteiger partial charge in [-0.25, -0.2) is 0 Å². The summed E-state index contributed by atoms with van der Waals surface area (Å²) in [6, 6.07) is 2.65. The van der Waals surface area contributed by atoms with Gasteiger partial charge in [-0.1, -0.05) is 11.6 Å². The number of halogens is 4. The molecule has 1 fully saturated rings. The molecule has 1 unspecified atom stereocenters. The largest absolute Gasteiger partial charge is 0.416 e. The van der Waals surface area contributed by atoms with Gasteiger partial charge < -0.3 is 14.7 Å². The van der Waals surface area contributed by atoms with E-state index >= 15 is 0 Å². The van der Waals surface area contributed by atoms with E-state index in [1.165, 1.54) is 4.90 Å². The predicted molar refractivity (Wildman–Crippen MR) is 73.8 cm³/mol. The molecular formula is C14H15ClF3NO3. The lowest BCUT2D eigenvalue weighted by Crippen LogP contribution is -2.37. The van der Waals surface area contributed by atoms with Crippen LogP contribution in [-0.4, -0.2) is 48.8 Å². The van der Waals surface area contributed by atoms with Crippen LogP contribution in [0.15, 0.2) is 18.2 Å². The van der Waals surface area contributed by atoms with Gasteiger partial charge >= 0.3 is 6.18 Å². The van der Waals surface area contributed by atoms with Crippen LogP contribution in [0.3, 0.4) is 0 Å². The van der Waals surface area contributed by atoms with E-state index in [4.69, 9.17) is 16.3 Å².